The Hall–Kier alpha value is -3.68. The number of ether oxygens (including phenoxy) is 1. The smallest absolute Gasteiger partial charge is 0.333 e. The Morgan fingerprint density at radius 1 is 0.966 bits per heavy atom. The molecule has 1 N–H and O–H groups in total. The Morgan fingerprint density at radius 2 is 1.59 bits per heavy atom. The van der Waals surface area contributed by atoms with Crippen molar-refractivity contribution in [3.8, 4) is 5.75 Å². The summed E-state index contributed by atoms with van der Waals surface area (Å²) in [4.78, 5) is 53.5. The predicted molar refractivity (Wildman–Crippen MR) is 102 cm³/mol. The lowest BCUT2D eigenvalue weighted by molar-refractivity contribution is -0.168. The molecule has 2 aromatic rings. The summed E-state index contributed by atoms with van der Waals surface area (Å²) in [5, 5.41) is 3.18. The second-order valence-electron chi connectivity index (χ2n) is 6.20. The summed E-state index contributed by atoms with van der Waals surface area (Å²) in [6.07, 6.45) is 0.214. The van der Waals surface area contributed by atoms with Crippen LogP contribution in [0.15, 0.2) is 48.5 Å². The second kappa shape index (κ2) is 9.01. The number of hydrogen-bond donors (Lipinski definition) is 1. The Morgan fingerprint density at radius 3 is 2.24 bits per heavy atom. The summed E-state index contributed by atoms with van der Waals surface area (Å²) >= 11 is 0. The molecule has 2 aromatic carbocycles. The summed E-state index contributed by atoms with van der Waals surface area (Å²) in [7, 11) is 0. The topological polar surface area (TPSA) is 102 Å². The molecule has 0 aliphatic carbocycles. The number of carbonyl (C=O) groups is 4. The first kappa shape index (κ1) is 20.1. The Kier molecular flexibility index (Phi) is 6.23. The number of carbonyl (C=O) groups excluding carboxylic acids is 4. The minimum atomic E-state index is -0.733. The van der Waals surface area contributed by atoms with Crippen LogP contribution in [0.3, 0.4) is 0 Å². The quantitative estimate of drug-likeness (QED) is 0.543. The van der Waals surface area contributed by atoms with E-state index >= 15 is 0 Å². The molecular weight excluding hydrogens is 376 g/mol. The van der Waals surface area contributed by atoms with Gasteiger partial charge in [0.15, 0.2) is 0 Å². The third-order valence-corrected chi connectivity index (χ3v) is 4.22. The number of nitrogens with one attached hydrogen (secondary N) is 1. The van der Waals surface area contributed by atoms with E-state index in [4.69, 9.17) is 9.57 Å². The van der Waals surface area contributed by atoms with Gasteiger partial charge in [0.2, 0.25) is 0 Å². The van der Waals surface area contributed by atoms with Crippen LogP contribution >= 0.6 is 0 Å². The van der Waals surface area contributed by atoms with E-state index in [2.05, 4.69) is 5.32 Å². The van der Waals surface area contributed by atoms with E-state index in [0.717, 1.165) is 0 Å². The molecule has 0 bridgehead atoms. The van der Waals surface area contributed by atoms with Gasteiger partial charge in [-0.05, 0) is 37.6 Å². The average molecular weight is 396 g/mol. The van der Waals surface area contributed by atoms with Crippen molar-refractivity contribution in [3.63, 3.8) is 0 Å². The number of hydroxylamine groups is 2. The Balaban J connectivity index is 1.46. The fourth-order valence-electron chi connectivity index (χ4n) is 2.86. The van der Waals surface area contributed by atoms with Crippen LogP contribution in [0.25, 0.3) is 0 Å². The zero-order valence-electron chi connectivity index (χ0n) is 15.8. The summed E-state index contributed by atoms with van der Waals surface area (Å²) in [6.45, 7) is 2.49. The molecule has 150 valence electrons. The van der Waals surface area contributed by atoms with Crippen molar-refractivity contribution in [2.45, 2.75) is 19.8 Å². The number of hydrogen-bond acceptors (Lipinski definition) is 6. The average Bonchev–Trinajstić information content (AvgIpc) is 2.97. The van der Waals surface area contributed by atoms with E-state index < -0.39 is 17.8 Å². The first-order chi connectivity index (χ1) is 14.0. The van der Waals surface area contributed by atoms with Crippen LogP contribution in [0, 0.1) is 0 Å². The van der Waals surface area contributed by atoms with Crippen molar-refractivity contribution in [3.05, 3.63) is 65.2 Å². The first-order valence-electron chi connectivity index (χ1n) is 9.21. The van der Waals surface area contributed by atoms with E-state index in [1.165, 1.54) is 12.1 Å². The highest BCUT2D eigenvalue weighted by molar-refractivity contribution is 6.20. The molecule has 0 unspecified atom stereocenters. The predicted octanol–water partition coefficient (Wildman–Crippen LogP) is 2.35. The molecule has 1 aliphatic rings. The van der Waals surface area contributed by atoms with Crippen molar-refractivity contribution in [1.82, 2.24) is 10.4 Å². The second-order valence-corrected chi connectivity index (χ2v) is 6.20. The number of nitrogens with zero attached hydrogens (tertiary/aromatic N) is 1. The molecule has 0 atom stereocenters. The van der Waals surface area contributed by atoms with E-state index in [1.807, 2.05) is 6.92 Å². The van der Waals surface area contributed by atoms with Gasteiger partial charge in [0, 0.05) is 13.0 Å². The van der Waals surface area contributed by atoms with Gasteiger partial charge in [-0.1, -0.05) is 29.3 Å². The summed E-state index contributed by atoms with van der Waals surface area (Å²) in [5.74, 6) is -1.90. The highest BCUT2D eigenvalue weighted by Gasteiger charge is 2.38. The molecule has 0 saturated carbocycles. The monoisotopic (exact) mass is 396 g/mol. The summed E-state index contributed by atoms with van der Waals surface area (Å²) < 4.78 is 5.42. The number of para-hydroxylation sites is 1. The SMILES string of the molecule is CCOc1ccccc1C(=O)NCCCC(=O)ON1C(=O)c2ccccc2C1=O. The molecule has 3 amide bonds. The van der Waals surface area contributed by atoms with Crippen LogP contribution in [0.2, 0.25) is 0 Å². The maximum atomic E-state index is 12.3. The standard InChI is InChI=1S/C21H20N2O6/c1-2-28-17-11-6-5-10-16(17)19(25)22-13-7-12-18(24)29-23-20(26)14-8-3-4-9-15(14)21(23)27/h3-6,8-11H,2,7,12-13H2,1H3,(H,22,25). The van der Waals surface area contributed by atoms with E-state index in [-0.39, 0.29) is 36.4 Å². The summed E-state index contributed by atoms with van der Waals surface area (Å²) in [6, 6.07) is 13.1. The number of imide groups is 1. The van der Waals surface area contributed by atoms with E-state index in [1.54, 1.807) is 36.4 Å². The fraction of sp³-hybridized carbons (Fsp3) is 0.238. The van der Waals surface area contributed by atoms with Gasteiger partial charge in [-0.2, -0.15) is 0 Å². The molecule has 0 fully saturated rings. The molecule has 1 aliphatic heterocycles. The molecule has 0 saturated heterocycles. The molecule has 1 heterocycles. The van der Waals surface area contributed by atoms with E-state index in [9.17, 15) is 19.2 Å². The molecule has 0 spiro atoms. The lowest BCUT2D eigenvalue weighted by atomic mass is 10.1. The molecule has 3 rings (SSSR count). The number of rotatable bonds is 8. The van der Waals surface area contributed by atoms with Crippen LogP contribution in [-0.4, -0.2) is 41.9 Å². The molecule has 8 heteroatoms. The largest absolute Gasteiger partial charge is 0.493 e. The lowest BCUT2D eigenvalue weighted by Crippen LogP contribution is -2.33. The van der Waals surface area contributed by atoms with Gasteiger partial charge < -0.3 is 14.9 Å². The molecule has 8 nitrogen and oxygen atoms in total. The van der Waals surface area contributed by atoms with Crippen molar-refractivity contribution in [2.24, 2.45) is 0 Å². The van der Waals surface area contributed by atoms with Crippen molar-refractivity contribution in [2.75, 3.05) is 13.2 Å². The Labute approximate surface area is 167 Å². The lowest BCUT2D eigenvalue weighted by Gasteiger charge is -2.13. The molecule has 0 radical (unpaired) electrons. The molecule has 0 aromatic heterocycles. The third-order valence-electron chi connectivity index (χ3n) is 4.22. The van der Waals surface area contributed by atoms with Crippen molar-refractivity contribution >= 4 is 23.7 Å². The van der Waals surface area contributed by atoms with Gasteiger partial charge in [0.05, 0.1) is 23.3 Å². The molecule has 29 heavy (non-hydrogen) atoms. The minimum absolute atomic E-state index is 0.0687. The normalized spacial score (nSPS) is 12.5. The minimum Gasteiger partial charge on any atom is -0.493 e. The van der Waals surface area contributed by atoms with Crippen molar-refractivity contribution in [1.29, 1.82) is 0 Å². The van der Waals surface area contributed by atoms with Crippen LogP contribution in [0.1, 0.15) is 50.8 Å². The van der Waals surface area contributed by atoms with Gasteiger partial charge in [-0.25, -0.2) is 4.79 Å². The maximum absolute atomic E-state index is 12.3. The fourth-order valence-corrected chi connectivity index (χ4v) is 2.86. The summed E-state index contributed by atoms with van der Waals surface area (Å²) in [5.41, 5.74) is 0.805. The maximum Gasteiger partial charge on any atom is 0.333 e. The zero-order chi connectivity index (χ0) is 20.8. The first-order valence-corrected chi connectivity index (χ1v) is 9.21. The van der Waals surface area contributed by atoms with Crippen molar-refractivity contribution < 1.29 is 28.8 Å². The van der Waals surface area contributed by atoms with Crippen LogP contribution in [0.5, 0.6) is 5.75 Å². The van der Waals surface area contributed by atoms with Gasteiger partial charge in [0.1, 0.15) is 5.75 Å². The van der Waals surface area contributed by atoms with Gasteiger partial charge in [0.25, 0.3) is 17.7 Å². The van der Waals surface area contributed by atoms with Crippen LogP contribution in [0.4, 0.5) is 0 Å². The van der Waals surface area contributed by atoms with Gasteiger partial charge in [-0.15, -0.1) is 0 Å². The number of fused-ring (bicyclic) bond motifs is 1. The van der Waals surface area contributed by atoms with Gasteiger partial charge in [-0.3, -0.25) is 14.4 Å². The highest BCUT2D eigenvalue weighted by Crippen LogP contribution is 2.23. The molecular formula is C21H20N2O6. The number of benzene rings is 2. The number of amides is 3. The van der Waals surface area contributed by atoms with Gasteiger partial charge >= 0.3 is 5.97 Å². The van der Waals surface area contributed by atoms with E-state index in [0.29, 0.717) is 23.0 Å². The highest BCUT2D eigenvalue weighted by atomic mass is 16.7. The van der Waals surface area contributed by atoms with Crippen LogP contribution in [-0.2, 0) is 9.63 Å². The third kappa shape index (κ3) is 4.43. The zero-order valence-corrected chi connectivity index (χ0v) is 15.8. The van der Waals surface area contributed by atoms with Crippen LogP contribution < -0.4 is 10.1 Å². The Bertz CT molecular complexity index is 921.